The van der Waals surface area contributed by atoms with E-state index in [2.05, 4.69) is 13.6 Å². The van der Waals surface area contributed by atoms with Gasteiger partial charge in [-0.1, -0.05) is 6.58 Å². The Balaban J connectivity index is 0.00000288. The highest BCUT2D eigenvalue weighted by atomic mass is 79.9. The van der Waals surface area contributed by atoms with Crippen molar-refractivity contribution in [3.8, 4) is 11.5 Å². The Morgan fingerprint density at radius 2 is 1.96 bits per heavy atom. The summed E-state index contributed by atoms with van der Waals surface area (Å²) in [6, 6.07) is 4.04. The molecule has 1 aromatic carbocycles. The van der Waals surface area contributed by atoms with Crippen LogP contribution in [0.15, 0.2) is 24.8 Å². The van der Waals surface area contributed by atoms with Gasteiger partial charge in [-0.25, -0.2) is 4.79 Å². The zero-order valence-corrected chi connectivity index (χ0v) is 16.4. The van der Waals surface area contributed by atoms with Gasteiger partial charge < -0.3 is 35.7 Å². The summed E-state index contributed by atoms with van der Waals surface area (Å²) in [6.45, 7) is 7.39. The number of rotatable bonds is 6. The first-order valence-corrected chi connectivity index (χ1v) is 7.86. The lowest BCUT2D eigenvalue weighted by Gasteiger charge is -2.43. The van der Waals surface area contributed by atoms with Crippen molar-refractivity contribution in [1.82, 2.24) is 0 Å². The maximum atomic E-state index is 12.0. The smallest absolute Gasteiger partial charge is 0.361 e. The van der Waals surface area contributed by atoms with Crippen molar-refractivity contribution in [2.75, 3.05) is 41.0 Å². The Morgan fingerprint density at radius 3 is 2.50 bits per heavy atom. The van der Waals surface area contributed by atoms with Crippen LogP contribution in [0.3, 0.4) is 0 Å². The average Bonchev–Trinajstić information content (AvgIpc) is 2.53. The molecule has 0 amide bonds. The molecule has 0 spiro atoms. The van der Waals surface area contributed by atoms with E-state index in [1.807, 2.05) is 25.1 Å². The van der Waals surface area contributed by atoms with Gasteiger partial charge in [0, 0.05) is 12.0 Å². The SMILES string of the molecule is C=CC1c2cc(OC)c(OC)cc2CC[N+]1(C)CC(=O)OCC.[Br-]. The quantitative estimate of drug-likeness (QED) is 0.367. The summed E-state index contributed by atoms with van der Waals surface area (Å²) >= 11 is 0. The number of carbonyl (C=O) groups excluding carboxylic acids is 1. The molecule has 2 atom stereocenters. The Kier molecular flexibility index (Phi) is 7.29. The molecular weight excluding hydrogens is 374 g/mol. The summed E-state index contributed by atoms with van der Waals surface area (Å²) in [5.41, 5.74) is 2.35. The number of benzene rings is 1. The topological polar surface area (TPSA) is 44.8 Å². The minimum atomic E-state index is -0.175. The van der Waals surface area contributed by atoms with Crippen LogP contribution in [0, 0.1) is 0 Å². The molecule has 0 N–H and O–H groups in total. The monoisotopic (exact) mass is 399 g/mol. The first-order chi connectivity index (χ1) is 11.0. The predicted octanol–water partition coefficient (Wildman–Crippen LogP) is -0.499. The number of quaternary nitrogens is 1. The van der Waals surface area contributed by atoms with Gasteiger partial charge in [0.1, 0.15) is 6.04 Å². The Labute approximate surface area is 154 Å². The molecule has 1 aliphatic rings. The molecule has 0 saturated carbocycles. The number of hydrogen-bond acceptors (Lipinski definition) is 4. The van der Waals surface area contributed by atoms with E-state index in [1.54, 1.807) is 14.2 Å². The molecule has 0 fully saturated rings. The van der Waals surface area contributed by atoms with Gasteiger partial charge in [0.2, 0.25) is 0 Å². The molecule has 1 aromatic rings. The van der Waals surface area contributed by atoms with E-state index < -0.39 is 0 Å². The molecule has 0 bridgehead atoms. The second-order valence-corrected chi connectivity index (χ2v) is 6.00. The van der Waals surface area contributed by atoms with Gasteiger partial charge in [-0.15, -0.1) is 0 Å². The second-order valence-electron chi connectivity index (χ2n) is 6.00. The van der Waals surface area contributed by atoms with E-state index in [1.165, 1.54) is 5.56 Å². The number of esters is 1. The minimum Gasteiger partial charge on any atom is -1.00 e. The summed E-state index contributed by atoms with van der Waals surface area (Å²) in [5.74, 6) is 1.25. The van der Waals surface area contributed by atoms with E-state index in [9.17, 15) is 4.79 Å². The fraction of sp³-hybridized carbons (Fsp3) is 0.500. The van der Waals surface area contributed by atoms with Crippen LogP contribution in [0.4, 0.5) is 0 Å². The normalized spacial score (nSPS) is 21.9. The number of methoxy groups -OCH3 is 2. The van der Waals surface area contributed by atoms with E-state index >= 15 is 0 Å². The third-order valence-electron chi connectivity index (χ3n) is 4.55. The van der Waals surface area contributed by atoms with E-state index in [0.717, 1.165) is 24.3 Å². The van der Waals surface area contributed by atoms with Gasteiger partial charge >= 0.3 is 5.97 Å². The van der Waals surface area contributed by atoms with E-state index in [4.69, 9.17) is 14.2 Å². The van der Waals surface area contributed by atoms with Crippen molar-refractivity contribution >= 4 is 5.97 Å². The molecule has 1 heterocycles. The maximum Gasteiger partial charge on any atom is 0.361 e. The van der Waals surface area contributed by atoms with Crippen molar-refractivity contribution in [2.24, 2.45) is 0 Å². The lowest BCUT2D eigenvalue weighted by Crippen LogP contribution is -3.00. The predicted molar refractivity (Wildman–Crippen MR) is 88.7 cm³/mol. The van der Waals surface area contributed by atoms with Crippen LogP contribution in [0.1, 0.15) is 24.1 Å². The molecule has 0 radical (unpaired) electrons. The number of carbonyl (C=O) groups is 1. The fourth-order valence-corrected chi connectivity index (χ4v) is 3.34. The number of nitrogens with zero attached hydrogens (tertiary/aromatic N) is 1. The highest BCUT2D eigenvalue weighted by Crippen LogP contribution is 2.41. The summed E-state index contributed by atoms with van der Waals surface area (Å²) in [4.78, 5) is 12.0. The van der Waals surface area contributed by atoms with E-state index in [-0.39, 0.29) is 29.0 Å². The van der Waals surface area contributed by atoms with Gasteiger partial charge in [-0.05, 0) is 30.7 Å². The molecule has 134 valence electrons. The minimum absolute atomic E-state index is 0. The second kappa shape index (κ2) is 8.53. The highest BCUT2D eigenvalue weighted by molar-refractivity contribution is 5.70. The van der Waals surface area contributed by atoms with Crippen LogP contribution < -0.4 is 26.5 Å². The zero-order valence-electron chi connectivity index (χ0n) is 14.8. The van der Waals surface area contributed by atoms with Crippen LogP contribution >= 0.6 is 0 Å². The largest absolute Gasteiger partial charge is 1.00 e. The van der Waals surface area contributed by atoms with Crippen molar-refractivity contribution in [2.45, 2.75) is 19.4 Å². The molecule has 24 heavy (non-hydrogen) atoms. The summed E-state index contributed by atoms with van der Waals surface area (Å²) in [6.07, 6.45) is 2.78. The lowest BCUT2D eigenvalue weighted by atomic mass is 9.90. The average molecular weight is 400 g/mol. The van der Waals surface area contributed by atoms with Crippen LogP contribution in [0.25, 0.3) is 0 Å². The highest BCUT2D eigenvalue weighted by Gasteiger charge is 2.40. The molecule has 5 nitrogen and oxygen atoms in total. The van der Waals surface area contributed by atoms with Crippen molar-refractivity contribution in [3.05, 3.63) is 35.9 Å². The van der Waals surface area contributed by atoms with Gasteiger partial charge in [-0.3, -0.25) is 0 Å². The van der Waals surface area contributed by atoms with Gasteiger partial charge in [0.15, 0.2) is 18.0 Å². The Hall–Kier alpha value is -1.53. The number of ether oxygens (including phenoxy) is 3. The van der Waals surface area contributed by atoms with Gasteiger partial charge in [0.05, 0.1) is 34.4 Å². The van der Waals surface area contributed by atoms with Gasteiger partial charge in [-0.2, -0.15) is 0 Å². The number of halogens is 1. The molecule has 0 aliphatic carbocycles. The summed E-state index contributed by atoms with van der Waals surface area (Å²) in [5, 5.41) is 0. The Morgan fingerprint density at radius 1 is 1.33 bits per heavy atom. The molecule has 2 rings (SSSR count). The van der Waals surface area contributed by atoms with Crippen LogP contribution in [-0.2, 0) is 16.0 Å². The first kappa shape index (κ1) is 20.5. The third kappa shape index (κ3) is 3.92. The van der Waals surface area contributed by atoms with Crippen LogP contribution in [0.5, 0.6) is 11.5 Å². The summed E-state index contributed by atoms with van der Waals surface area (Å²) in [7, 11) is 5.34. The molecule has 1 aliphatic heterocycles. The van der Waals surface area contributed by atoms with E-state index in [0.29, 0.717) is 23.4 Å². The zero-order chi connectivity index (χ0) is 17.0. The number of fused-ring (bicyclic) bond motifs is 1. The molecule has 0 aromatic heterocycles. The van der Waals surface area contributed by atoms with Crippen LogP contribution in [-0.4, -0.2) is 51.4 Å². The fourth-order valence-electron chi connectivity index (χ4n) is 3.34. The summed E-state index contributed by atoms with van der Waals surface area (Å²) < 4.78 is 16.5. The Bertz CT molecular complexity index is 605. The van der Waals surface area contributed by atoms with Gasteiger partial charge in [0.25, 0.3) is 0 Å². The van der Waals surface area contributed by atoms with Crippen molar-refractivity contribution in [3.63, 3.8) is 0 Å². The molecule has 6 heteroatoms. The van der Waals surface area contributed by atoms with Crippen LogP contribution in [0.2, 0.25) is 0 Å². The molecular formula is C18H26BrNO4. The number of likely N-dealkylation sites (N-methyl/N-ethyl adjacent to an activating group) is 1. The third-order valence-corrected chi connectivity index (χ3v) is 4.55. The standard InChI is InChI=1S/C18H26NO4.BrH/c1-6-15-14-11-17(22-5)16(21-4)10-13(14)8-9-19(15,3)12-18(20)23-7-2;/h6,10-11,15H,1,7-9,12H2,2-5H3;1H/q+1;/p-1. The lowest BCUT2D eigenvalue weighted by molar-refractivity contribution is -0.928. The van der Waals surface area contributed by atoms with Crippen molar-refractivity contribution in [1.29, 1.82) is 0 Å². The number of hydrogen-bond donors (Lipinski definition) is 0. The first-order valence-electron chi connectivity index (χ1n) is 7.86. The maximum absolute atomic E-state index is 12.0. The molecule has 2 unspecified atom stereocenters. The molecule has 0 saturated heterocycles. The van der Waals surface area contributed by atoms with Crippen molar-refractivity contribution < 1.29 is 40.5 Å².